The monoisotopic (exact) mass is 196 g/mol. The van der Waals surface area contributed by atoms with Crippen molar-refractivity contribution >= 4 is 0 Å². The summed E-state index contributed by atoms with van der Waals surface area (Å²) >= 11 is 0. The van der Waals surface area contributed by atoms with Crippen LogP contribution in [0.25, 0.3) is 0 Å². The first kappa shape index (κ1) is 10.4. The van der Waals surface area contributed by atoms with Crippen LogP contribution >= 0.6 is 0 Å². The van der Waals surface area contributed by atoms with Crippen LogP contribution in [0.15, 0.2) is 0 Å². The Bertz CT molecular complexity index is 164. The van der Waals surface area contributed by atoms with E-state index in [-0.39, 0.29) is 0 Å². The molecule has 2 nitrogen and oxygen atoms in total. The number of nitrogens with zero attached hydrogens (tertiary/aromatic N) is 2. The third-order valence-electron chi connectivity index (χ3n) is 3.90. The molecule has 0 aromatic heterocycles. The summed E-state index contributed by atoms with van der Waals surface area (Å²) in [6.07, 6.45) is 8.57. The molecule has 0 amide bonds. The van der Waals surface area contributed by atoms with Gasteiger partial charge in [-0.1, -0.05) is 6.42 Å². The average Bonchev–Trinajstić information content (AvgIpc) is 2.63. The highest BCUT2D eigenvalue weighted by Gasteiger charge is 2.21. The minimum absolute atomic E-state index is 0.886. The molecule has 0 aromatic carbocycles. The number of rotatable bonds is 3. The van der Waals surface area contributed by atoms with Gasteiger partial charge in [0, 0.05) is 6.04 Å². The fraction of sp³-hybridized carbons (Fsp3) is 1.00. The van der Waals surface area contributed by atoms with Gasteiger partial charge in [0.15, 0.2) is 0 Å². The second-order valence-corrected chi connectivity index (χ2v) is 4.97. The maximum absolute atomic E-state index is 2.66. The Hall–Kier alpha value is -0.0800. The third kappa shape index (κ3) is 2.71. The van der Waals surface area contributed by atoms with Gasteiger partial charge in [0.2, 0.25) is 0 Å². The topological polar surface area (TPSA) is 6.48 Å². The molecule has 0 saturated carbocycles. The Morgan fingerprint density at radius 1 is 1.00 bits per heavy atom. The maximum atomic E-state index is 2.66. The summed E-state index contributed by atoms with van der Waals surface area (Å²) in [5.74, 6) is 0. The van der Waals surface area contributed by atoms with E-state index in [4.69, 9.17) is 0 Å². The van der Waals surface area contributed by atoms with Gasteiger partial charge in [-0.3, -0.25) is 0 Å². The Morgan fingerprint density at radius 3 is 2.43 bits per heavy atom. The van der Waals surface area contributed by atoms with Gasteiger partial charge in [-0.25, -0.2) is 0 Å². The molecule has 14 heavy (non-hydrogen) atoms. The predicted octanol–water partition coefficient (Wildman–Crippen LogP) is 1.96. The van der Waals surface area contributed by atoms with E-state index < -0.39 is 0 Å². The molecule has 0 radical (unpaired) electrons. The zero-order chi connectivity index (χ0) is 9.80. The van der Waals surface area contributed by atoms with Gasteiger partial charge in [-0.15, -0.1) is 0 Å². The summed E-state index contributed by atoms with van der Waals surface area (Å²) in [6, 6.07) is 0.886. The first-order valence-electron chi connectivity index (χ1n) is 6.29. The van der Waals surface area contributed by atoms with Crippen molar-refractivity contribution in [1.29, 1.82) is 0 Å². The van der Waals surface area contributed by atoms with Crippen LogP contribution in [0.4, 0.5) is 0 Å². The van der Waals surface area contributed by atoms with Crippen LogP contribution in [0.3, 0.4) is 0 Å². The van der Waals surface area contributed by atoms with Crippen molar-refractivity contribution in [3.8, 4) is 0 Å². The lowest BCUT2D eigenvalue weighted by atomic mass is 10.1. The van der Waals surface area contributed by atoms with Crippen LogP contribution in [0, 0.1) is 0 Å². The van der Waals surface area contributed by atoms with Gasteiger partial charge in [0.1, 0.15) is 0 Å². The molecule has 2 aliphatic heterocycles. The van der Waals surface area contributed by atoms with E-state index in [0.717, 1.165) is 6.04 Å². The quantitative estimate of drug-likeness (QED) is 0.681. The van der Waals surface area contributed by atoms with E-state index >= 15 is 0 Å². The molecule has 2 heterocycles. The van der Waals surface area contributed by atoms with E-state index in [1.54, 1.807) is 0 Å². The molecule has 2 saturated heterocycles. The molecule has 2 rings (SSSR count). The largest absolute Gasteiger partial charge is 0.303 e. The van der Waals surface area contributed by atoms with E-state index in [1.807, 2.05) is 0 Å². The summed E-state index contributed by atoms with van der Waals surface area (Å²) in [7, 11) is 2.29. The lowest BCUT2D eigenvalue weighted by Crippen LogP contribution is -2.34. The van der Waals surface area contributed by atoms with Gasteiger partial charge in [0.25, 0.3) is 0 Å². The smallest absolute Gasteiger partial charge is 0.0105 e. The van der Waals surface area contributed by atoms with E-state index in [0.29, 0.717) is 0 Å². The van der Waals surface area contributed by atoms with Crippen LogP contribution < -0.4 is 0 Å². The van der Waals surface area contributed by atoms with E-state index in [9.17, 15) is 0 Å². The molecule has 2 heteroatoms. The summed E-state index contributed by atoms with van der Waals surface area (Å²) < 4.78 is 0. The van der Waals surface area contributed by atoms with Crippen molar-refractivity contribution in [3.05, 3.63) is 0 Å². The van der Waals surface area contributed by atoms with Crippen LogP contribution in [-0.2, 0) is 0 Å². The summed E-state index contributed by atoms with van der Waals surface area (Å²) in [5, 5.41) is 0. The van der Waals surface area contributed by atoms with Crippen LogP contribution in [0.1, 0.15) is 38.5 Å². The van der Waals surface area contributed by atoms with Crippen molar-refractivity contribution in [2.75, 3.05) is 33.2 Å². The molecule has 2 aliphatic rings. The lowest BCUT2D eigenvalue weighted by Gasteiger charge is -2.28. The minimum Gasteiger partial charge on any atom is -0.303 e. The lowest BCUT2D eigenvalue weighted by molar-refractivity contribution is 0.197. The fourth-order valence-corrected chi connectivity index (χ4v) is 2.86. The highest BCUT2D eigenvalue weighted by molar-refractivity contribution is 4.78. The molecule has 0 spiro atoms. The molecule has 82 valence electrons. The number of hydrogen-bond acceptors (Lipinski definition) is 2. The third-order valence-corrected chi connectivity index (χ3v) is 3.90. The second-order valence-electron chi connectivity index (χ2n) is 4.97. The second kappa shape index (κ2) is 5.13. The Balaban J connectivity index is 1.65. The summed E-state index contributed by atoms with van der Waals surface area (Å²) in [6.45, 7) is 5.38. The summed E-state index contributed by atoms with van der Waals surface area (Å²) in [4.78, 5) is 5.21. The molecule has 0 bridgehead atoms. The Kier molecular flexibility index (Phi) is 3.82. The van der Waals surface area contributed by atoms with Crippen LogP contribution in [0.2, 0.25) is 0 Å². The highest BCUT2D eigenvalue weighted by Crippen LogP contribution is 2.19. The van der Waals surface area contributed by atoms with Gasteiger partial charge >= 0.3 is 0 Å². The van der Waals surface area contributed by atoms with Crippen LogP contribution in [-0.4, -0.2) is 49.1 Å². The van der Waals surface area contributed by atoms with Gasteiger partial charge < -0.3 is 9.80 Å². The zero-order valence-corrected chi connectivity index (χ0v) is 9.54. The van der Waals surface area contributed by atoms with Crippen molar-refractivity contribution in [2.45, 2.75) is 44.6 Å². The van der Waals surface area contributed by atoms with E-state index in [2.05, 4.69) is 16.8 Å². The van der Waals surface area contributed by atoms with Gasteiger partial charge in [-0.05, 0) is 65.3 Å². The first-order chi connectivity index (χ1) is 6.86. The molecule has 1 atom stereocenters. The van der Waals surface area contributed by atoms with Gasteiger partial charge in [-0.2, -0.15) is 0 Å². The number of piperidine rings is 1. The number of hydrogen-bond donors (Lipinski definition) is 0. The van der Waals surface area contributed by atoms with Crippen LogP contribution in [0.5, 0.6) is 0 Å². The van der Waals surface area contributed by atoms with Crippen molar-refractivity contribution in [2.24, 2.45) is 0 Å². The molecule has 0 N–H and O–H groups in total. The first-order valence-corrected chi connectivity index (χ1v) is 6.29. The summed E-state index contributed by atoms with van der Waals surface area (Å²) in [5.41, 5.74) is 0. The molecule has 2 fully saturated rings. The predicted molar refractivity (Wildman–Crippen MR) is 60.6 cm³/mol. The zero-order valence-electron chi connectivity index (χ0n) is 9.54. The van der Waals surface area contributed by atoms with Crippen molar-refractivity contribution in [1.82, 2.24) is 9.80 Å². The molecular formula is C12H24N2. The van der Waals surface area contributed by atoms with Crippen molar-refractivity contribution < 1.29 is 0 Å². The Labute approximate surface area is 88.3 Å². The Morgan fingerprint density at radius 2 is 1.79 bits per heavy atom. The number of likely N-dealkylation sites (tertiary alicyclic amines) is 2. The van der Waals surface area contributed by atoms with Gasteiger partial charge in [0.05, 0.1) is 0 Å². The minimum atomic E-state index is 0.886. The standard InChI is InChI=1S/C12H24N2/c1-13-8-5-6-12(13)7-11-14-9-3-2-4-10-14/h12H,2-11H2,1H3/t12-/m0/s1. The molecule has 0 aromatic rings. The average molecular weight is 196 g/mol. The molecular weight excluding hydrogens is 172 g/mol. The SMILES string of the molecule is CN1CCC[C@H]1CCN1CCCCC1. The highest BCUT2D eigenvalue weighted by atomic mass is 15.2. The molecule has 0 aliphatic carbocycles. The maximum Gasteiger partial charge on any atom is 0.0105 e. The molecule has 0 unspecified atom stereocenters. The fourth-order valence-electron chi connectivity index (χ4n) is 2.86. The normalized spacial score (nSPS) is 31.1. The van der Waals surface area contributed by atoms with E-state index in [1.165, 1.54) is 64.7 Å². The van der Waals surface area contributed by atoms with Crippen molar-refractivity contribution in [3.63, 3.8) is 0 Å².